The number of halogens is 1. The largest absolute Gasteiger partial charge is 0.492 e. The average molecular weight is 447 g/mol. The first-order valence-corrected chi connectivity index (χ1v) is 10.3. The number of hydrogen-bond acceptors (Lipinski definition) is 4. The molecule has 1 saturated heterocycles. The fraction of sp³-hybridized carbons (Fsp3) is 0.160. The van der Waals surface area contributed by atoms with Crippen molar-refractivity contribution in [1.29, 1.82) is 5.26 Å². The number of aliphatic carboxylic acids is 1. The summed E-state index contributed by atoms with van der Waals surface area (Å²) < 4.78 is 5.77. The first-order valence-electron chi connectivity index (χ1n) is 9.92. The molecule has 0 unspecified atom stereocenters. The van der Waals surface area contributed by atoms with Crippen LogP contribution in [0.4, 0.5) is 0 Å². The lowest BCUT2D eigenvalue weighted by atomic mass is 9.80. The summed E-state index contributed by atoms with van der Waals surface area (Å²) in [6, 6.07) is 23.1. The number of nitrogens with zero attached hydrogens (tertiary/aromatic N) is 2. The number of likely N-dealkylation sites (tertiary alicyclic amines) is 1. The maximum atomic E-state index is 12.6. The molecule has 1 aliphatic rings. The van der Waals surface area contributed by atoms with E-state index in [4.69, 9.17) is 21.6 Å². The molecule has 0 radical (unpaired) electrons. The highest BCUT2D eigenvalue weighted by Crippen LogP contribution is 2.33. The topological polar surface area (TPSA) is 90.6 Å². The number of nitriles is 1. The summed E-state index contributed by atoms with van der Waals surface area (Å²) in [5, 5.41) is 19.2. The molecule has 3 aromatic carbocycles. The van der Waals surface area contributed by atoms with Gasteiger partial charge in [-0.15, -0.1) is 0 Å². The van der Waals surface area contributed by atoms with Crippen molar-refractivity contribution in [3.05, 3.63) is 88.9 Å². The van der Waals surface area contributed by atoms with Gasteiger partial charge in [-0.1, -0.05) is 35.9 Å². The zero-order chi connectivity index (χ0) is 22.7. The zero-order valence-corrected chi connectivity index (χ0v) is 17.7. The van der Waals surface area contributed by atoms with Crippen LogP contribution in [0.15, 0.2) is 72.8 Å². The van der Waals surface area contributed by atoms with Crippen molar-refractivity contribution in [3.8, 4) is 22.9 Å². The Bertz CT molecular complexity index is 1180. The minimum Gasteiger partial charge on any atom is -0.492 e. The van der Waals surface area contributed by atoms with Crippen LogP contribution in [0.25, 0.3) is 11.1 Å². The Labute approximate surface area is 190 Å². The Kier molecular flexibility index (Phi) is 5.85. The van der Waals surface area contributed by atoms with Crippen molar-refractivity contribution in [3.63, 3.8) is 0 Å². The molecule has 1 aliphatic heterocycles. The van der Waals surface area contributed by atoms with Gasteiger partial charge in [-0.2, -0.15) is 5.26 Å². The van der Waals surface area contributed by atoms with Gasteiger partial charge in [-0.05, 0) is 59.7 Å². The van der Waals surface area contributed by atoms with Gasteiger partial charge in [0.15, 0.2) is 0 Å². The number of amides is 1. The lowest BCUT2D eigenvalue weighted by molar-refractivity contribution is -0.161. The molecule has 0 saturated carbocycles. The van der Waals surface area contributed by atoms with E-state index in [1.54, 1.807) is 48.5 Å². The molecule has 4 rings (SSSR count). The summed E-state index contributed by atoms with van der Waals surface area (Å²) in [6.07, 6.45) is 0. The number of hydrogen-bond donors (Lipinski definition) is 1. The molecule has 7 heteroatoms. The maximum Gasteiger partial charge on any atom is 0.316 e. The highest BCUT2D eigenvalue weighted by atomic mass is 35.5. The predicted octanol–water partition coefficient (Wildman–Crippen LogP) is 4.48. The molecule has 0 spiro atoms. The van der Waals surface area contributed by atoms with Crippen molar-refractivity contribution < 1.29 is 19.4 Å². The lowest BCUT2D eigenvalue weighted by Crippen LogP contribution is -2.64. The summed E-state index contributed by atoms with van der Waals surface area (Å²) in [7, 11) is 0. The highest BCUT2D eigenvalue weighted by molar-refractivity contribution is 6.30. The summed E-state index contributed by atoms with van der Waals surface area (Å²) in [5.41, 5.74) is 1.84. The standard InChI is InChI=1S/C25H19ClN2O4/c26-21-9-5-20(6-10-21)23(29)28-14-25(15-28,24(30)31)16-32-22-11-7-19(8-12-22)18-3-1-17(13-27)2-4-18/h1-12H,14-16H2,(H,30,31). The third kappa shape index (κ3) is 4.29. The van der Waals surface area contributed by atoms with E-state index in [1.165, 1.54) is 4.90 Å². The van der Waals surface area contributed by atoms with Crippen LogP contribution in [0.3, 0.4) is 0 Å². The molecule has 1 fully saturated rings. The third-order valence-electron chi connectivity index (χ3n) is 5.54. The van der Waals surface area contributed by atoms with Crippen molar-refractivity contribution in [2.75, 3.05) is 19.7 Å². The number of carboxylic acids is 1. The van der Waals surface area contributed by atoms with E-state index in [2.05, 4.69) is 6.07 Å². The van der Waals surface area contributed by atoms with E-state index in [9.17, 15) is 14.7 Å². The van der Waals surface area contributed by atoms with Crippen LogP contribution in [0.2, 0.25) is 5.02 Å². The van der Waals surface area contributed by atoms with Crippen LogP contribution in [0.1, 0.15) is 15.9 Å². The van der Waals surface area contributed by atoms with Gasteiger partial charge in [0.25, 0.3) is 5.91 Å². The van der Waals surface area contributed by atoms with E-state index in [0.717, 1.165) is 11.1 Å². The van der Waals surface area contributed by atoms with Gasteiger partial charge >= 0.3 is 5.97 Å². The predicted molar refractivity (Wildman–Crippen MR) is 120 cm³/mol. The summed E-state index contributed by atoms with van der Waals surface area (Å²) in [4.78, 5) is 26.0. The number of carbonyl (C=O) groups excluding carboxylic acids is 1. The Morgan fingerprint density at radius 3 is 2.06 bits per heavy atom. The molecular formula is C25H19ClN2O4. The molecule has 32 heavy (non-hydrogen) atoms. The Balaban J connectivity index is 1.38. The second kappa shape index (κ2) is 8.74. The highest BCUT2D eigenvalue weighted by Gasteiger charge is 2.52. The normalized spacial score (nSPS) is 14.2. The Morgan fingerprint density at radius 2 is 1.53 bits per heavy atom. The molecule has 1 amide bonds. The van der Waals surface area contributed by atoms with Crippen molar-refractivity contribution in [1.82, 2.24) is 4.90 Å². The Hall–Kier alpha value is -3.82. The molecule has 3 aromatic rings. The first kappa shape index (κ1) is 21.4. The fourth-order valence-corrected chi connectivity index (χ4v) is 3.72. The lowest BCUT2D eigenvalue weighted by Gasteiger charge is -2.46. The summed E-state index contributed by atoms with van der Waals surface area (Å²) in [6.45, 7) is 0.114. The average Bonchev–Trinajstić information content (AvgIpc) is 2.79. The number of carbonyl (C=O) groups is 2. The van der Waals surface area contributed by atoms with Gasteiger partial charge in [0, 0.05) is 23.7 Å². The van der Waals surface area contributed by atoms with Crippen molar-refractivity contribution >= 4 is 23.5 Å². The van der Waals surface area contributed by atoms with Gasteiger partial charge in [0.05, 0.1) is 11.6 Å². The molecule has 0 aromatic heterocycles. The minimum absolute atomic E-state index is 0.0387. The second-order valence-electron chi connectivity index (χ2n) is 7.76. The van der Waals surface area contributed by atoms with Crippen LogP contribution >= 0.6 is 11.6 Å². The van der Waals surface area contributed by atoms with Crippen LogP contribution in [-0.4, -0.2) is 41.6 Å². The van der Waals surface area contributed by atoms with Gasteiger partial charge in [-0.3, -0.25) is 9.59 Å². The molecule has 1 N–H and O–H groups in total. The summed E-state index contributed by atoms with van der Waals surface area (Å²) >= 11 is 5.86. The first-order chi connectivity index (χ1) is 15.4. The third-order valence-corrected chi connectivity index (χ3v) is 5.79. The van der Waals surface area contributed by atoms with Crippen LogP contribution in [-0.2, 0) is 4.79 Å². The van der Waals surface area contributed by atoms with Gasteiger partial charge < -0.3 is 14.7 Å². The van der Waals surface area contributed by atoms with Crippen molar-refractivity contribution in [2.45, 2.75) is 0 Å². The zero-order valence-electron chi connectivity index (χ0n) is 17.0. The fourth-order valence-electron chi connectivity index (χ4n) is 3.59. The second-order valence-corrected chi connectivity index (χ2v) is 8.19. The van der Waals surface area contributed by atoms with Crippen LogP contribution in [0.5, 0.6) is 5.75 Å². The van der Waals surface area contributed by atoms with Gasteiger partial charge in [0.1, 0.15) is 17.8 Å². The van der Waals surface area contributed by atoms with Gasteiger partial charge in [-0.25, -0.2) is 0 Å². The monoisotopic (exact) mass is 446 g/mol. The molecule has 1 heterocycles. The smallest absolute Gasteiger partial charge is 0.316 e. The van der Waals surface area contributed by atoms with Gasteiger partial charge in [0.2, 0.25) is 0 Å². The number of rotatable bonds is 6. The molecule has 0 aliphatic carbocycles. The van der Waals surface area contributed by atoms with Crippen LogP contribution in [0, 0.1) is 16.7 Å². The summed E-state index contributed by atoms with van der Waals surface area (Å²) in [5.74, 6) is -0.678. The van der Waals surface area contributed by atoms with E-state index in [1.807, 2.05) is 24.3 Å². The van der Waals surface area contributed by atoms with E-state index in [-0.39, 0.29) is 25.6 Å². The number of benzene rings is 3. The molecule has 0 atom stereocenters. The van der Waals surface area contributed by atoms with Crippen molar-refractivity contribution in [2.24, 2.45) is 5.41 Å². The van der Waals surface area contributed by atoms with E-state index >= 15 is 0 Å². The maximum absolute atomic E-state index is 12.6. The number of ether oxygens (including phenoxy) is 1. The number of carboxylic acid groups (broad SMARTS) is 1. The molecule has 160 valence electrons. The SMILES string of the molecule is N#Cc1ccc(-c2ccc(OCC3(C(=O)O)CN(C(=O)c4ccc(Cl)cc4)C3)cc2)cc1. The Morgan fingerprint density at radius 1 is 0.969 bits per heavy atom. The molecule has 6 nitrogen and oxygen atoms in total. The quantitative estimate of drug-likeness (QED) is 0.602. The van der Waals surface area contributed by atoms with E-state index < -0.39 is 11.4 Å². The molecule has 0 bridgehead atoms. The van der Waals surface area contributed by atoms with Crippen LogP contribution < -0.4 is 4.74 Å². The minimum atomic E-state index is -1.14. The molecular weight excluding hydrogens is 428 g/mol. The van der Waals surface area contributed by atoms with E-state index in [0.29, 0.717) is 21.9 Å².